The number of anilines is 1. The van der Waals surface area contributed by atoms with E-state index in [2.05, 4.69) is 14.9 Å². The lowest BCUT2D eigenvalue weighted by Gasteiger charge is -2.06. The van der Waals surface area contributed by atoms with E-state index in [1.807, 2.05) is 6.07 Å². The van der Waals surface area contributed by atoms with Gasteiger partial charge in [-0.05, 0) is 18.1 Å². The summed E-state index contributed by atoms with van der Waals surface area (Å²) in [5.74, 6) is -0.112. The van der Waals surface area contributed by atoms with Gasteiger partial charge in [-0.2, -0.15) is 0 Å². The highest BCUT2D eigenvalue weighted by Gasteiger charge is 2.14. The maximum absolute atomic E-state index is 12.0. The molecule has 2 rings (SSSR count). The Kier molecular flexibility index (Phi) is 4.13. The van der Waals surface area contributed by atoms with Gasteiger partial charge in [-0.25, -0.2) is 8.42 Å². The van der Waals surface area contributed by atoms with E-state index in [9.17, 15) is 8.42 Å². The molecule has 0 unspecified atom stereocenters. The van der Waals surface area contributed by atoms with Crippen molar-refractivity contribution < 1.29 is 8.42 Å². The molecule has 0 bridgehead atoms. The van der Waals surface area contributed by atoms with E-state index in [1.54, 1.807) is 25.1 Å². The summed E-state index contributed by atoms with van der Waals surface area (Å²) in [4.78, 5) is 0. The molecule has 2 aromatic rings. The number of benzene rings is 1. The van der Waals surface area contributed by atoms with E-state index in [1.165, 1.54) is 11.3 Å². The normalized spacial score (nSPS) is 11.5. The SMILES string of the molecule is Cc1nnc(NS(=O)(=O)Cc2cccc(CN)c2)s1. The molecular formula is C11H14N4O2S2. The predicted octanol–water partition coefficient (Wildman–Crippen LogP) is 1.25. The van der Waals surface area contributed by atoms with Crippen molar-refractivity contribution in [3.05, 3.63) is 40.4 Å². The lowest BCUT2D eigenvalue weighted by molar-refractivity contribution is 0.600. The fraction of sp³-hybridized carbons (Fsp3) is 0.273. The highest BCUT2D eigenvalue weighted by molar-refractivity contribution is 7.92. The van der Waals surface area contributed by atoms with Crippen molar-refractivity contribution in [2.45, 2.75) is 19.2 Å². The Labute approximate surface area is 115 Å². The molecule has 3 N–H and O–H groups in total. The number of hydrogen-bond acceptors (Lipinski definition) is 6. The van der Waals surface area contributed by atoms with Gasteiger partial charge in [0.1, 0.15) is 5.01 Å². The molecule has 102 valence electrons. The predicted molar refractivity (Wildman–Crippen MR) is 75.2 cm³/mol. The maximum atomic E-state index is 12.0. The average molecular weight is 298 g/mol. The summed E-state index contributed by atoms with van der Waals surface area (Å²) in [6.07, 6.45) is 0. The number of sulfonamides is 1. The molecule has 1 heterocycles. The molecule has 0 radical (unpaired) electrons. The Morgan fingerprint density at radius 2 is 2.05 bits per heavy atom. The molecule has 0 spiro atoms. The van der Waals surface area contributed by atoms with Crippen LogP contribution in [0.4, 0.5) is 5.13 Å². The van der Waals surface area contributed by atoms with Crippen LogP contribution in [0.15, 0.2) is 24.3 Å². The van der Waals surface area contributed by atoms with E-state index in [0.717, 1.165) is 5.56 Å². The van der Waals surface area contributed by atoms with Crippen molar-refractivity contribution in [1.82, 2.24) is 10.2 Å². The van der Waals surface area contributed by atoms with Crippen LogP contribution in [0.3, 0.4) is 0 Å². The van der Waals surface area contributed by atoms with Crippen LogP contribution >= 0.6 is 11.3 Å². The zero-order valence-electron chi connectivity index (χ0n) is 10.3. The zero-order chi connectivity index (χ0) is 13.9. The summed E-state index contributed by atoms with van der Waals surface area (Å²) in [7, 11) is -3.48. The number of nitrogens with two attached hydrogens (primary N) is 1. The standard InChI is InChI=1S/C11H14N4O2S2/c1-8-13-14-11(18-8)15-19(16,17)7-10-4-2-3-9(5-10)6-12/h2-5H,6-7,12H2,1H3,(H,14,15). The molecule has 8 heteroatoms. The quantitative estimate of drug-likeness (QED) is 0.865. The molecule has 0 saturated heterocycles. The Bertz CT molecular complexity index is 667. The van der Waals surface area contributed by atoms with Crippen LogP contribution in [-0.2, 0) is 22.3 Å². The third-order valence-corrected chi connectivity index (χ3v) is 4.45. The molecule has 0 aliphatic rings. The number of rotatable bonds is 5. The third kappa shape index (κ3) is 3.98. The average Bonchev–Trinajstić information content (AvgIpc) is 2.73. The fourth-order valence-electron chi connectivity index (χ4n) is 1.57. The molecule has 0 aliphatic heterocycles. The van der Waals surface area contributed by atoms with Crippen LogP contribution in [0, 0.1) is 6.92 Å². The Hall–Kier alpha value is -1.51. The summed E-state index contributed by atoms with van der Waals surface area (Å²) in [6, 6.07) is 7.19. The van der Waals surface area contributed by atoms with Crippen molar-refractivity contribution in [3.8, 4) is 0 Å². The van der Waals surface area contributed by atoms with Crippen LogP contribution < -0.4 is 10.5 Å². The first-order valence-electron chi connectivity index (χ1n) is 5.57. The minimum atomic E-state index is -3.48. The van der Waals surface area contributed by atoms with E-state index in [-0.39, 0.29) is 10.9 Å². The van der Waals surface area contributed by atoms with Gasteiger partial charge in [0, 0.05) is 6.54 Å². The summed E-state index contributed by atoms with van der Waals surface area (Å²) >= 11 is 1.20. The second-order valence-corrected chi connectivity index (χ2v) is 6.92. The molecule has 0 fully saturated rings. The number of aromatic nitrogens is 2. The minimum Gasteiger partial charge on any atom is -0.326 e. The monoisotopic (exact) mass is 298 g/mol. The Morgan fingerprint density at radius 1 is 1.32 bits per heavy atom. The smallest absolute Gasteiger partial charge is 0.238 e. The molecule has 1 aromatic heterocycles. The molecular weight excluding hydrogens is 284 g/mol. The van der Waals surface area contributed by atoms with Crippen LogP contribution in [0.25, 0.3) is 0 Å². The van der Waals surface area contributed by atoms with Gasteiger partial charge in [0.2, 0.25) is 15.2 Å². The lowest BCUT2D eigenvalue weighted by Crippen LogP contribution is -2.15. The first-order chi connectivity index (χ1) is 8.98. The highest BCUT2D eigenvalue weighted by Crippen LogP contribution is 2.17. The van der Waals surface area contributed by atoms with Crippen molar-refractivity contribution >= 4 is 26.5 Å². The zero-order valence-corrected chi connectivity index (χ0v) is 12.0. The van der Waals surface area contributed by atoms with Gasteiger partial charge in [-0.15, -0.1) is 10.2 Å². The van der Waals surface area contributed by atoms with Crippen molar-refractivity contribution in [2.24, 2.45) is 5.73 Å². The summed E-state index contributed by atoms with van der Waals surface area (Å²) in [6.45, 7) is 2.15. The van der Waals surface area contributed by atoms with Crippen LogP contribution in [-0.4, -0.2) is 18.6 Å². The molecule has 6 nitrogen and oxygen atoms in total. The van der Waals surface area contributed by atoms with E-state index < -0.39 is 10.0 Å². The molecule has 0 atom stereocenters. The largest absolute Gasteiger partial charge is 0.326 e. The minimum absolute atomic E-state index is 0.112. The van der Waals surface area contributed by atoms with Crippen molar-refractivity contribution in [3.63, 3.8) is 0 Å². The molecule has 0 aliphatic carbocycles. The first-order valence-corrected chi connectivity index (χ1v) is 8.04. The number of nitrogens with one attached hydrogen (secondary N) is 1. The summed E-state index contributed by atoms with van der Waals surface area (Å²) in [5.41, 5.74) is 7.12. The van der Waals surface area contributed by atoms with E-state index >= 15 is 0 Å². The first kappa shape index (κ1) is 13.9. The highest BCUT2D eigenvalue weighted by atomic mass is 32.2. The van der Waals surface area contributed by atoms with Gasteiger partial charge in [0.15, 0.2) is 0 Å². The Morgan fingerprint density at radius 3 is 2.68 bits per heavy atom. The topological polar surface area (TPSA) is 98.0 Å². The molecule has 1 aromatic carbocycles. The Balaban J connectivity index is 2.12. The number of aryl methyl sites for hydroxylation is 1. The van der Waals surface area contributed by atoms with E-state index in [4.69, 9.17) is 5.73 Å². The third-order valence-electron chi connectivity index (χ3n) is 2.35. The van der Waals surface area contributed by atoms with Gasteiger partial charge in [-0.1, -0.05) is 35.6 Å². The van der Waals surface area contributed by atoms with Crippen molar-refractivity contribution in [1.29, 1.82) is 0 Å². The maximum Gasteiger partial charge on any atom is 0.238 e. The molecule has 0 amide bonds. The van der Waals surface area contributed by atoms with Gasteiger partial charge in [-0.3, -0.25) is 4.72 Å². The van der Waals surface area contributed by atoms with Crippen molar-refractivity contribution in [2.75, 3.05) is 4.72 Å². The van der Waals surface area contributed by atoms with Gasteiger partial charge in [0.05, 0.1) is 5.75 Å². The van der Waals surface area contributed by atoms with Gasteiger partial charge in [0.25, 0.3) is 0 Å². The molecule has 0 saturated carbocycles. The molecule has 19 heavy (non-hydrogen) atoms. The van der Waals surface area contributed by atoms with Gasteiger partial charge < -0.3 is 5.73 Å². The van der Waals surface area contributed by atoms with Crippen LogP contribution in [0.1, 0.15) is 16.1 Å². The number of hydrogen-bond donors (Lipinski definition) is 2. The van der Waals surface area contributed by atoms with Gasteiger partial charge >= 0.3 is 0 Å². The van der Waals surface area contributed by atoms with Crippen LogP contribution in [0.2, 0.25) is 0 Å². The second kappa shape index (κ2) is 5.64. The fourth-order valence-corrected chi connectivity index (χ4v) is 3.56. The van der Waals surface area contributed by atoms with E-state index in [0.29, 0.717) is 17.1 Å². The number of nitrogens with zero attached hydrogens (tertiary/aromatic N) is 2. The second-order valence-electron chi connectivity index (χ2n) is 4.01. The summed E-state index contributed by atoms with van der Waals surface area (Å²) < 4.78 is 26.4. The van der Waals surface area contributed by atoms with Crippen LogP contribution in [0.5, 0.6) is 0 Å². The summed E-state index contributed by atoms with van der Waals surface area (Å²) in [5, 5.41) is 8.49. The lowest BCUT2D eigenvalue weighted by atomic mass is 10.1.